The highest BCUT2D eigenvalue weighted by Gasteiger charge is 2.05. The third-order valence-electron chi connectivity index (χ3n) is 2.52. The fraction of sp³-hybridized carbons (Fsp3) is 0.750. The van der Waals surface area contributed by atoms with Crippen LogP contribution in [0, 0.1) is 6.92 Å². The van der Waals surface area contributed by atoms with Gasteiger partial charge in [0, 0.05) is 24.3 Å². The number of rotatable bonds is 6. The number of hydrogen-bond acceptors (Lipinski definition) is 2. The van der Waals surface area contributed by atoms with Crippen LogP contribution in [0.5, 0.6) is 0 Å². The Morgan fingerprint density at radius 2 is 2.06 bits per heavy atom. The molecule has 0 amide bonds. The summed E-state index contributed by atoms with van der Waals surface area (Å²) < 4.78 is 2.01. The number of hydrogen-bond donors (Lipinski definition) is 1. The summed E-state index contributed by atoms with van der Waals surface area (Å²) in [5.74, 6) is 1.04. The normalized spacial score (nSPS) is 10.3. The van der Waals surface area contributed by atoms with Gasteiger partial charge in [-0.1, -0.05) is 19.8 Å². The Morgan fingerprint density at radius 1 is 1.38 bits per heavy atom. The maximum atomic E-state index is 4.51. The molecule has 0 aliphatic heterocycles. The molecule has 0 radical (unpaired) electrons. The average Bonchev–Trinajstić information content (AvgIpc) is 2.55. The van der Waals surface area contributed by atoms with Crippen molar-refractivity contribution in [2.75, 3.05) is 11.9 Å². The number of unbranched alkanes of at least 4 members (excludes halogenated alkanes) is 2. The van der Waals surface area contributed by atoms with Crippen molar-refractivity contribution >= 4 is 18.2 Å². The lowest BCUT2D eigenvalue weighted by Gasteiger charge is -2.05. The standard InChI is InChI=1S/C12H23N3.ClH/c1-5-6-7-8-13-12-11(4)9-15(14-12)10(2)3;/h9-10H,5-8H2,1-4H3,(H,13,14);1H. The van der Waals surface area contributed by atoms with Gasteiger partial charge in [-0.15, -0.1) is 12.4 Å². The van der Waals surface area contributed by atoms with E-state index in [1.807, 2.05) is 4.68 Å². The largest absolute Gasteiger partial charge is 0.368 e. The van der Waals surface area contributed by atoms with Crippen LogP contribution in [0.15, 0.2) is 6.20 Å². The molecule has 0 saturated heterocycles. The fourth-order valence-electron chi connectivity index (χ4n) is 1.50. The molecular weight excluding hydrogens is 222 g/mol. The quantitative estimate of drug-likeness (QED) is 0.773. The molecule has 0 atom stereocenters. The third kappa shape index (κ3) is 4.44. The first-order valence-electron chi connectivity index (χ1n) is 5.94. The summed E-state index contributed by atoms with van der Waals surface area (Å²) in [5, 5.41) is 7.90. The Kier molecular flexibility index (Phi) is 7.22. The molecule has 0 fully saturated rings. The Balaban J connectivity index is 0.00000225. The zero-order chi connectivity index (χ0) is 11.3. The summed E-state index contributed by atoms with van der Waals surface area (Å²) in [6.45, 7) is 9.65. The van der Waals surface area contributed by atoms with E-state index in [1.165, 1.54) is 24.8 Å². The van der Waals surface area contributed by atoms with Gasteiger partial charge in [0.25, 0.3) is 0 Å². The Bertz CT molecular complexity index is 294. The number of aromatic nitrogens is 2. The maximum absolute atomic E-state index is 4.51. The van der Waals surface area contributed by atoms with E-state index in [9.17, 15) is 0 Å². The van der Waals surface area contributed by atoms with Gasteiger partial charge in [0.15, 0.2) is 5.82 Å². The predicted octanol–water partition coefficient (Wildman–Crippen LogP) is 3.80. The minimum atomic E-state index is 0. The Morgan fingerprint density at radius 3 is 2.56 bits per heavy atom. The second kappa shape index (κ2) is 7.55. The summed E-state index contributed by atoms with van der Waals surface area (Å²) in [6.07, 6.45) is 5.88. The van der Waals surface area contributed by atoms with E-state index in [4.69, 9.17) is 0 Å². The van der Waals surface area contributed by atoms with E-state index in [-0.39, 0.29) is 12.4 Å². The topological polar surface area (TPSA) is 29.9 Å². The van der Waals surface area contributed by atoms with Crippen molar-refractivity contribution in [2.24, 2.45) is 0 Å². The van der Waals surface area contributed by atoms with Gasteiger partial charge in [-0.25, -0.2) is 0 Å². The van der Waals surface area contributed by atoms with Gasteiger partial charge in [-0.05, 0) is 27.2 Å². The van der Waals surface area contributed by atoms with Crippen molar-refractivity contribution in [3.05, 3.63) is 11.8 Å². The van der Waals surface area contributed by atoms with Gasteiger partial charge >= 0.3 is 0 Å². The average molecular weight is 246 g/mol. The predicted molar refractivity (Wildman–Crippen MR) is 72.6 cm³/mol. The summed E-state index contributed by atoms with van der Waals surface area (Å²) in [5.41, 5.74) is 1.24. The summed E-state index contributed by atoms with van der Waals surface area (Å²) >= 11 is 0. The second-order valence-corrected chi connectivity index (χ2v) is 4.37. The van der Waals surface area contributed by atoms with E-state index in [2.05, 4.69) is 44.3 Å². The third-order valence-corrected chi connectivity index (χ3v) is 2.52. The molecule has 94 valence electrons. The molecule has 1 heterocycles. The summed E-state index contributed by atoms with van der Waals surface area (Å²) in [7, 11) is 0. The van der Waals surface area contributed by atoms with Crippen LogP contribution in [0.4, 0.5) is 5.82 Å². The number of nitrogens with one attached hydrogen (secondary N) is 1. The van der Waals surface area contributed by atoms with Crippen LogP contribution in [0.1, 0.15) is 51.6 Å². The first kappa shape index (κ1) is 15.3. The number of anilines is 1. The molecule has 4 heteroatoms. The first-order chi connectivity index (χ1) is 7.15. The van der Waals surface area contributed by atoms with Crippen LogP contribution in [-0.2, 0) is 0 Å². The lowest BCUT2D eigenvalue weighted by atomic mass is 10.2. The monoisotopic (exact) mass is 245 g/mol. The van der Waals surface area contributed by atoms with Gasteiger partial charge in [0.1, 0.15) is 0 Å². The van der Waals surface area contributed by atoms with Gasteiger partial charge in [-0.3, -0.25) is 4.68 Å². The number of nitrogens with zero attached hydrogens (tertiary/aromatic N) is 2. The van der Waals surface area contributed by atoms with Crippen molar-refractivity contribution in [3.63, 3.8) is 0 Å². The van der Waals surface area contributed by atoms with Crippen LogP contribution in [-0.4, -0.2) is 16.3 Å². The van der Waals surface area contributed by atoms with Crippen molar-refractivity contribution in [2.45, 2.75) is 53.0 Å². The van der Waals surface area contributed by atoms with Crippen LogP contribution in [0.25, 0.3) is 0 Å². The van der Waals surface area contributed by atoms with E-state index in [0.29, 0.717) is 6.04 Å². The minimum Gasteiger partial charge on any atom is -0.368 e. The Hall–Kier alpha value is -0.700. The van der Waals surface area contributed by atoms with Crippen LogP contribution < -0.4 is 5.32 Å². The highest BCUT2D eigenvalue weighted by atomic mass is 35.5. The first-order valence-corrected chi connectivity index (χ1v) is 5.94. The van der Waals surface area contributed by atoms with Gasteiger partial charge in [-0.2, -0.15) is 5.10 Å². The van der Waals surface area contributed by atoms with Crippen molar-refractivity contribution in [3.8, 4) is 0 Å². The van der Waals surface area contributed by atoms with E-state index in [1.54, 1.807) is 0 Å². The molecule has 16 heavy (non-hydrogen) atoms. The van der Waals surface area contributed by atoms with Gasteiger partial charge in [0.05, 0.1) is 0 Å². The molecule has 1 N–H and O–H groups in total. The second-order valence-electron chi connectivity index (χ2n) is 4.37. The SMILES string of the molecule is CCCCCNc1nn(C(C)C)cc1C.Cl. The lowest BCUT2D eigenvalue weighted by molar-refractivity contribution is 0.533. The minimum absolute atomic E-state index is 0. The highest BCUT2D eigenvalue weighted by Crippen LogP contribution is 2.14. The Labute approximate surface area is 105 Å². The molecular formula is C12H24ClN3. The summed E-state index contributed by atoms with van der Waals surface area (Å²) in [4.78, 5) is 0. The van der Waals surface area contributed by atoms with E-state index >= 15 is 0 Å². The number of aryl methyl sites for hydroxylation is 1. The molecule has 0 aliphatic carbocycles. The molecule has 1 aromatic rings. The smallest absolute Gasteiger partial charge is 0.150 e. The van der Waals surface area contributed by atoms with E-state index < -0.39 is 0 Å². The molecule has 0 unspecified atom stereocenters. The van der Waals surface area contributed by atoms with Crippen molar-refractivity contribution in [1.82, 2.24) is 9.78 Å². The highest BCUT2D eigenvalue weighted by molar-refractivity contribution is 5.85. The zero-order valence-corrected chi connectivity index (χ0v) is 11.6. The van der Waals surface area contributed by atoms with Gasteiger partial charge < -0.3 is 5.32 Å². The molecule has 1 aromatic heterocycles. The molecule has 1 rings (SSSR count). The van der Waals surface area contributed by atoms with Crippen LogP contribution in [0.3, 0.4) is 0 Å². The van der Waals surface area contributed by atoms with Crippen molar-refractivity contribution in [1.29, 1.82) is 0 Å². The molecule has 0 saturated carbocycles. The molecule has 0 aromatic carbocycles. The molecule has 0 bridgehead atoms. The van der Waals surface area contributed by atoms with Crippen LogP contribution in [0.2, 0.25) is 0 Å². The molecule has 0 aliphatic rings. The number of halogens is 1. The fourth-order valence-corrected chi connectivity index (χ4v) is 1.50. The maximum Gasteiger partial charge on any atom is 0.150 e. The van der Waals surface area contributed by atoms with Crippen LogP contribution >= 0.6 is 12.4 Å². The van der Waals surface area contributed by atoms with Gasteiger partial charge in [0.2, 0.25) is 0 Å². The lowest BCUT2D eigenvalue weighted by Crippen LogP contribution is -2.05. The molecule has 3 nitrogen and oxygen atoms in total. The zero-order valence-electron chi connectivity index (χ0n) is 10.8. The molecule has 0 spiro atoms. The summed E-state index contributed by atoms with van der Waals surface area (Å²) in [6, 6.07) is 0.440. The van der Waals surface area contributed by atoms with Crippen molar-refractivity contribution < 1.29 is 0 Å². The van der Waals surface area contributed by atoms with E-state index in [0.717, 1.165) is 12.4 Å².